The zero-order valence-corrected chi connectivity index (χ0v) is 9.93. The van der Waals surface area contributed by atoms with E-state index in [1.54, 1.807) is 13.8 Å². The molecule has 17 heavy (non-hydrogen) atoms. The largest absolute Gasteiger partial charge is 0.463 e. The highest BCUT2D eigenvalue weighted by molar-refractivity contribution is 6.05. The summed E-state index contributed by atoms with van der Waals surface area (Å²) in [5.74, 6) is -1.64. The Labute approximate surface area is 99.2 Å². The minimum absolute atomic E-state index is 0.196. The fourth-order valence-electron chi connectivity index (χ4n) is 2.24. The molecule has 0 unspecified atom stereocenters. The summed E-state index contributed by atoms with van der Waals surface area (Å²) in [5.41, 5.74) is -1.60. The van der Waals surface area contributed by atoms with Gasteiger partial charge < -0.3 is 18.9 Å². The smallest absolute Gasteiger partial charge is 0.350 e. The van der Waals surface area contributed by atoms with Crippen molar-refractivity contribution in [2.45, 2.75) is 25.6 Å². The van der Waals surface area contributed by atoms with Gasteiger partial charge in [-0.25, -0.2) is 9.59 Å². The van der Waals surface area contributed by atoms with Gasteiger partial charge in [-0.15, -0.1) is 0 Å². The lowest BCUT2D eigenvalue weighted by atomic mass is 9.78. The molecule has 6 heteroatoms. The Bertz CT molecular complexity index is 308. The van der Waals surface area contributed by atoms with E-state index in [9.17, 15) is 9.59 Å². The zero-order chi connectivity index (χ0) is 12.5. The van der Waals surface area contributed by atoms with Crippen molar-refractivity contribution in [3.63, 3.8) is 0 Å². The third kappa shape index (κ3) is 1.71. The van der Waals surface area contributed by atoms with Gasteiger partial charge in [0.15, 0.2) is 0 Å². The first-order valence-electron chi connectivity index (χ1n) is 5.76. The maximum atomic E-state index is 11.9. The molecule has 2 saturated heterocycles. The molecule has 0 aromatic heterocycles. The highest BCUT2D eigenvalue weighted by atomic mass is 16.7. The minimum Gasteiger partial charge on any atom is -0.463 e. The summed E-state index contributed by atoms with van der Waals surface area (Å²) in [6.45, 7) is 4.48. The normalized spacial score (nSPS) is 29.1. The molecule has 2 fully saturated rings. The summed E-state index contributed by atoms with van der Waals surface area (Å²) in [5, 5.41) is 0. The molecule has 0 saturated carbocycles. The quantitative estimate of drug-likeness (QED) is 0.508. The summed E-state index contributed by atoms with van der Waals surface area (Å²) in [4.78, 5) is 23.8. The highest BCUT2D eigenvalue weighted by Gasteiger charge is 2.69. The fourth-order valence-corrected chi connectivity index (χ4v) is 2.24. The third-order valence-electron chi connectivity index (χ3n) is 3.05. The van der Waals surface area contributed by atoms with E-state index < -0.39 is 17.5 Å². The van der Waals surface area contributed by atoms with Crippen LogP contribution in [-0.4, -0.2) is 50.1 Å². The number of carbonyl (C=O) groups excluding carboxylic acids is 2. The van der Waals surface area contributed by atoms with Crippen molar-refractivity contribution in [1.29, 1.82) is 0 Å². The molecule has 2 aliphatic heterocycles. The average molecular weight is 244 g/mol. The number of fused-ring (bicyclic) bond motifs is 1. The first kappa shape index (κ1) is 12.3. The van der Waals surface area contributed by atoms with Crippen LogP contribution in [0.2, 0.25) is 0 Å². The van der Waals surface area contributed by atoms with Gasteiger partial charge in [0.05, 0.1) is 38.4 Å². The number of hydrogen-bond donors (Lipinski definition) is 0. The predicted octanol–water partition coefficient (Wildman–Crippen LogP) is -0.103. The molecule has 2 atom stereocenters. The van der Waals surface area contributed by atoms with Crippen LogP contribution < -0.4 is 0 Å². The van der Waals surface area contributed by atoms with E-state index in [1.165, 1.54) is 0 Å². The van der Waals surface area contributed by atoms with Crippen molar-refractivity contribution >= 4 is 11.9 Å². The van der Waals surface area contributed by atoms with Gasteiger partial charge in [-0.05, 0) is 13.8 Å². The monoisotopic (exact) mass is 244 g/mol. The molecule has 0 N–H and O–H groups in total. The van der Waals surface area contributed by atoms with E-state index in [4.69, 9.17) is 18.9 Å². The molecule has 96 valence electrons. The second kappa shape index (κ2) is 4.62. The molecule has 0 aromatic rings. The van der Waals surface area contributed by atoms with Crippen LogP contribution in [0.25, 0.3) is 0 Å². The van der Waals surface area contributed by atoms with E-state index in [0.29, 0.717) is 13.2 Å². The van der Waals surface area contributed by atoms with E-state index in [-0.39, 0.29) is 25.2 Å². The summed E-state index contributed by atoms with van der Waals surface area (Å²) >= 11 is 0. The van der Waals surface area contributed by atoms with Gasteiger partial charge >= 0.3 is 11.9 Å². The van der Waals surface area contributed by atoms with Crippen molar-refractivity contribution in [1.82, 2.24) is 0 Å². The number of esters is 2. The molecule has 2 aliphatic rings. The lowest BCUT2D eigenvalue weighted by Crippen LogP contribution is -2.69. The summed E-state index contributed by atoms with van der Waals surface area (Å²) in [6, 6.07) is 0. The summed E-state index contributed by atoms with van der Waals surface area (Å²) < 4.78 is 20.4. The van der Waals surface area contributed by atoms with E-state index in [2.05, 4.69) is 0 Å². The van der Waals surface area contributed by atoms with Gasteiger partial charge in [-0.3, -0.25) is 0 Å². The Morgan fingerprint density at radius 3 is 2.24 bits per heavy atom. The Morgan fingerprint density at radius 1 is 1.18 bits per heavy atom. The minimum atomic E-state index is -1.60. The molecule has 2 heterocycles. The van der Waals surface area contributed by atoms with E-state index in [1.807, 2.05) is 0 Å². The molecule has 0 spiro atoms. The van der Waals surface area contributed by atoms with Crippen molar-refractivity contribution in [3.05, 3.63) is 0 Å². The van der Waals surface area contributed by atoms with Crippen LogP contribution in [0.4, 0.5) is 0 Å². The molecule has 0 bridgehead atoms. The first-order chi connectivity index (χ1) is 8.16. The number of hydrogen-bond acceptors (Lipinski definition) is 6. The van der Waals surface area contributed by atoms with Gasteiger partial charge in [0.1, 0.15) is 0 Å². The second-order valence-electron chi connectivity index (χ2n) is 3.98. The fraction of sp³-hybridized carbons (Fsp3) is 0.818. The summed E-state index contributed by atoms with van der Waals surface area (Å²) in [7, 11) is 0. The van der Waals surface area contributed by atoms with Crippen molar-refractivity contribution in [3.8, 4) is 0 Å². The Kier molecular flexibility index (Phi) is 3.35. The Morgan fingerprint density at radius 2 is 1.76 bits per heavy atom. The second-order valence-corrected chi connectivity index (χ2v) is 3.98. The first-order valence-corrected chi connectivity index (χ1v) is 5.76. The highest BCUT2D eigenvalue weighted by Crippen LogP contribution is 2.44. The predicted molar refractivity (Wildman–Crippen MR) is 55.2 cm³/mol. The van der Waals surface area contributed by atoms with E-state index >= 15 is 0 Å². The molecule has 0 amide bonds. The van der Waals surface area contributed by atoms with E-state index in [0.717, 1.165) is 0 Å². The van der Waals surface area contributed by atoms with Crippen LogP contribution >= 0.6 is 0 Å². The average Bonchev–Trinajstić information content (AvgIpc) is 2.63. The number of rotatable bonds is 4. The topological polar surface area (TPSA) is 71.1 Å². The van der Waals surface area contributed by atoms with Crippen molar-refractivity contribution in [2.75, 3.05) is 26.4 Å². The van der Waals surface area contributed by atoms with Gasteiger partial charge in [-0.2, -0.15) is 0 Å². The molecule has 2 rings (SSSR count). The number of carbonyl (C=O) groups is 2. The zero-order valence-electron chi connectivity index (χ0n) is 9.93. The Hall–Kier alpha value is -1.14. The third-order valence-corrected chi connectivity index (χ3v) is 3.05. The van der Waals surface area contributed by atoms with Crippen LogP contribution in [0.15, 0.2) is 0 Å². The number of ether oxygens (including phenoxy) is 4. The van der Waals surface area contributed by atoms with Crippen LogP contribution in [0, 0.1) is 5.92 Å². The maximum Gasteiger partial charge on any atom is 0.350 e. The van der Waals surface area contributed by atoms with Crippen LogP contribution in [0.3, 0.4) is 0 Å². The molecule has 6 nitrogen and oxygen atoms in total. The molecule has 0 aliphatic carbocycles. The van der Waals surface area contributed by atoms with Crippen molar-refractivity contribution < 1.29 is 28.5 Å². The molecule has 0 radical (unpaired) electrons. The SMILES string of the molecule is CCOC(=O)C1(C(=O)OCC)O[C@H]2COC[C@H]21. The molecule has 0 aromatic carbocycles. The van der Waals surface area contributed by atoms with Crippen LogP contribution in [-0.2, 0) is 28.5 Å². The molecular weight excluding hydrogens is 228 g/mol. The van der Waals surface area contributed by atoms with Crippen LogP contribution in [0.1, 0.15) is 13.8 Å². The lowest BCUT2D eigenvalue weighted by molar-refractivity contribution is -0.253. The van der Waals surface area contributed by atoms with Crippen molar-refractivity contribution in [2.24, 2.45) is 5.92 Å². The van der Waals surface area contributed by atoms with Gasteiger partial charge in [0.25, 0.3) is 5.60 Å². The summed E-state index contributed by atoms with van der Waals surface area (Å²) in [6.07, 6.45) is -0.205. The van der Waals surface area contributed by atoms with Gasteiger partial charge in [0.2, 0.25) is 0 Å². The maximum absolute atomic E-state index is 11.9. The van der Waals surface area contributed by atoms with Gasteiger partial charge in [0, 0.05) is 0 Å². The molecular formula is C11H16O6. The lowest BCUT2D eigenvalue weighted by Gasteiger charge is -2.45. The van der Waals surface area contributed by atoms with Gasteiger partial charge in [-0.1, -0.05) is 0 Å². The Balaban J connectivity index is 2.18. The van der Waals surface area contributed by atoms with Crippen LogP contribution in [0.5, 0.6) is 0 Å². The standard InChI is InChI=1S/C11H16O6/c1-3-15-9(12)11(10(13)16-4-2)7-5-14-6-8(7)17-11/h7-8H,3-6H2,1-2H3/t7-,8+/m1/s1.